The lowest BCUT2D eigenvalue weighted by molar-refractivity contribution is -0.128. The summed E-state index contributed by atoms with van der Waals surface area (Å²) < 4.78 is 26.9. The lowest BCUT2D eigenvalue weighted by Crippen LogP contribution is -2.27. The Bertz CT molecular complexity index is 785. The lowest BCUT2D eigenvalue weighted by Gasteiger charge is -2.16. The molecule has 3 rings (SSSR count). The Labute approximate surface area is 120 Å². The summed E-state index contributed by atoms with van der Waals surface area (Å²) in [5.74, 6) is -0.524. The molecule has 1 aromatic carbocycles. The molecule has 0 aliphatic carbocycles. The van der Waals surface area contributed by atoms with Gasteiger partial charge in [0.1, 0.15) is 11.0 Å². The predicted octanol–water partition coefficient (Wildman–Crippen LogP) is -0.140. The summed E-state index contributed by atoms with van der Waals surface area (Å²) in [6, 6.07) is 5.42. The summed E-state index contributed by atoms with van der Waals surface area (Å²) >= 11 is 0. The van der Waals surface area contributed by atoms with E-state index in [0.717, 1.165) is 5.56 Å². The molecule has 1 aromatic heterocycles. The Morgan fingerprint density at radius 1 is 1.38 bits per heavy atom. The molecule has 0 bridgehead atoms. The van der Waals surface area contributed by atoms with Crippen LogP contribution in [0, 0.1) is 5.92 Å². The molecule has 2 N–H and O–H groups in total. The maximum absolute atomic E-state index is 12.0. The third-order valence-corrected chi connectivity index (χ3v) is 4.43. The molecule has 1 unspecified atom stereocenters. The fourth-order valence-corrected chi connectivity index (χ4v) is 3.52. The minimum atomic E-state index is -3.57. The van der Waals surface area contributed by atoms with Crippen LogP contribution in [0.3, 0.4) is 0 Å². The highest BCUT2D eigenvalue weighted by atomic mass is 32.2. The summed E-state index contributed by atoms with van der Waals surface area (Å²) in [6.45, 7) is 0.725. The Balaban J connectivity index is 1.76. The van der Waals surface area contributed by atoms with Crippen molar-refractivity contribution in [2.24, 2.45) is 11.1 Å². The van der Waals surface area contributed by atoms with Crippen molar-refractivity contribution in [3.8, 4) is 0 Å². The van der Waals surface area contributed by atoms with Gasteiger partial charge in [0, 0.05) is 31.0 Å². The van der Waals surface area contributed by atoms with Crippen LogP contribution >= 0.6 is 0 Å². The highest BCUT2D eigenvalue weighted by Gasteiger charge is 2.32. The van der Waals surface area contributed by atoms with Crippen molar-refractivity contribution >= 4 is 27.0 Å². The van der Waals surface area contributed by atoms with Crippen LogP contribution in [0.4, 0.5) is 0 Å². The van der Waals surface area contributed by atoms with Gasteiger partial charge in [-0.15, -0.1) is 0 Å². The first-order chi connectivity index (χ1) is 9.92. The van der Waals surface area contributed by atoms with Crippen molar-refractivity contribution in [1.82, 2.24) is 15.2 Å². The molecule has 0 radical (unpaired) electrons. The van der Waals surface area contributed by atoms with Gasteiger partial charge in [0.25, 0.3) is 0 Å². The largest absolute Gasteiger partial charge is 0.338 e. The van der Waals surface area contributed by atoms with Gasteiger partial charge in [-0.2, -0.15) is 0 Å². The summed E-state index contributed by atoms with van der Waals surface area (Å²) in [5.41, 5.74) is 2.05. The van der Waals surface area contributed by atoms with E-state index in [1.54, 1.807) is 11.0 Å². The molecule has 9 heteroatoms. The summed E-state index contributed by atoms with van der Waals surface area (Å²) in [5, 5.41) is 12.6. The maximum atomic E-state index is 12.0. The molecule has 2 aromatic rings. The van der Waals surface area contributed by atoms with E-state index in [4.69, 9.17) is 5.14 Å². The smallest absolute Gasteiger partial charge is 0.223 e. The molecule has 112 valence electrons. The highest BCUT2D eigenvalue weighted by Crippen LogP contribution is 2.23. The van der Waals surface area contributed by atoms with E-state index < -0.39 is 10.0 Å². The van der Waals surface area contributed by atoms with Gasteiger partial charge in [-0.3, -0.25) is 4.79 Å². The van der Waals surface area contributed by atoms with Gasteiger partial charge in [-0.1, -0.05) is 12.1 Å². The monoisotopic (exact) mass is 310 g/mol. The van der Waals surface area contributed by atoms with Gasteiger partial charge in [0.2, 0.25) is 15.9 Å². The number of likely N-dealkylation sites (tertiary alicyclic amines) is 1. The number of carbonyl (C=O) groups is 1. The Morgan fingerprint density at radius 3 is 2.95 bits per heavy atom. The lowest BCUT2D eigenvalue weighted by atomic mass is 10.1. The molecule has 1 aliphatic rings. The zero-order chi connectivity index (χ0) is 15.0. The number of carbonyl (C=O) groups excluding carboxylic acids is 1. The number of sulfonamides is 1. The molecule has 2 heterocycles. The molecule has 21 heavy (non-hydrogen) atoms. The van der Waals surface area contributed by atoms with E-state index in [1.165, 1.54) is 0 Å². The van der Waals surface area contributed by atoms with E-state index in [1.807, 2.05) is 12.1 Å². The number of nitrogens with zero attached hydrogens (tertiary/aromatic N) is 3. The van der Waals surface area contributed by atoms with Gasteiger partial charge in [0.05, 0.1) is 5.75 Å². The first-order valence-corrected chi connectivity index (χ1v) is 8.12. The van der Waals surface area contributed by atoms with Gasteiger partial charge in [-0.25, -0.2) is 18.2 Å². The van der Waals surface area contributed by atoms with Crippen LogP contribution in [-0.4, -0.2) is 41.8 Å². The van der Waals surface area contributed by atoms with Crippen LogP contribution in [0.5, 0.6) is 0 Å². The first-order valence-electron chi connectivity index (χ1n) is 6.41. The first kappa shape index (κ1) is 14.0. The molecule has 1 fully saturated rings. The van der Waals surface area contributed by atoms with E-state index in [2.05, 4.69) is 14.9 Å². The van der Waals surface area contributed by atoms with Crippen molar-refractivity contribution in [2.45, 2.75) is 13.0 Å². The fourth-order valence-electron chi connectivity index (χ4n) is 2.64. The van der Waals surface area contributed by atoms with E-state index in [9.17, 15) is 13.2 Å². The van der Waals surface area contributed by atoms with Crippen molar-refractivity contribution in [1.29, 1.82) is 0 Å². The molecular weight excluding hydrogens is 296 g/mol. The van der Waals surface area contributed by atoms with E-state index in [0.29, 0.717) is 24.1 Å². The van der Waals surface area contributed by atoms with Crippen LogP contribution in [0.1, 0.15) is 12.0 Å². The Morgan fingerprint density at radius 2 is 2.19 bits per heavy atom. The zero-order valence-corrected chi connectivity index (χ0v) is 11.9. The molecular formula is C12H14N4O4S. The standard InChI is InChI=1S/C12H14N4O4S/c13-21(18,19)7-8-4-11(17)16(5-8)6-9-2-1-3-10-12(9)15-20-14-10/h1-3,8H,4-7H2,(H2,13,18,19). The van der Waals surface area contributed by atoms with Gasteiger partial charge < -0.3 is 4.90 Å². The van der Waals surface area contributed by atoms with Crippen LogP contribution in [0.25, 0.3) is 11.0 Å². The fraction of sp³-hybridized carbons (Fsp3) is 0.417. The van der Waals surface area contributed by atoms with Crippen molar-refractivity contribution in [3.05, 3.63) is 23.8 Å². The molecule has 1 amide bonds. The predicted molar refractivity (Wildman–Crippen MR) is 73.3 cm³/mol. The van der Waals surface area contributed by atoms with Gasteiger partial charge in [0.15, 0.2) is 0 Å². The van der Waals surface area contributed by atoms with E-state index >= 15 is 0 Å². The second-order valence-corrected chi connectivity index (χ2v) is 6.88. The van der Waals surface area contributed by atoms with Crippen LogP contribution in [-0.2, 0) is 21.4 Å². The second kappa shape index (κ2) is 5.08. The zero-order valence-electron chi connectivity index (χ0n) is 11.1. The molecule has 1 aliphatic heterocycles. The number of fused-ring (bicyclic) bond motifs is 1. The Hall–Kier alpha value is -2.00. The van der Waals surface area contributed by atoms with Crippen molar-refractivity contribution in [2.75, 3.05) is 12.3 Å². The second-order valence-electron chi connectivity index (χ2n) is 5.22. The third kappa shape index (κ3) is 3.03. The number of benzene rings is 1. The number of rotatable bonds is 4. The topological polar surface area (TPSA) is 119 Å². The van der Waals surface area contributed by atoms with Crippen LogP contribution in [0.15, 0.2) is 22.8 Å². The number of nitrogens with two attached hydrogens (primary N) is 1. The maximum Gasteiger partial charge on any atom is 0.223 e. The average molecular weight is 310 g/mol. The third-order valence-electron chi connectivity index (χ3n) is 3.49. The van der Waals surface area contributed by atoms with Gasteiger partial charge in [-0.05, 0) is 16.4 Å². The Kier molecular flexibility index (Phi) is 3.38. The number of primary sulfonamides is 1. The van der Waals surface area contributed by atoms with Crippen molar-refractivity contribution < 1.29 is 17.8 Å². The molecule has 0 spiro atoms. The SMILES string of the molecule is NS(=O)(=O)CC1CC(=O)N(Cc2cccc3nonc23)C1. The van der Waals surface area contributed by atoms with Crippen LogP contribution < -0.4 is 5.14 Å². The molecule has 8 nitrogen and oxygen atoms in total. The summed E-state index contributed by atoms with van der Waals surface area (Å²) in [6.07, 6.45) is 0.198. The van der Waals surface area contributed by atoms with E-state index in [-0.39, 0.29) is 24.0 Å². The summed E-state index contributed by atoms with van der Waals surface area (Å²) in [7, 11) is -3.57. The molecule has 1 atom stereocenters. The minimum absolute atomic E-state index is 0.0860. The van der Waals surface area contributed by atoms with Crippen LogP contribution in [0.2, 0.25) is 0 Å². The average Bonchev–Trinajstić information content (AvgIpc) is 2.95. The number of hydrogen-bond acceptors (Lipinski definition) is 6. The number of aromatic nitrogens is 2. The molecule has 1 saturated heterocycles. The number of amides is 1. The van der Waals surface area contributed by atoms with Gasteiger partial charge >= 0.3 is 0 Å². The summed E-state index contributed by atoms with van der Waals surface area (Å²) in [4.78, 5) is 13.6. The minimum Gasteiger partial charge on any atom is -0.338 e. The highest BCUT2D eigenvalue weighted by molar-refractivity contribution is 7.89. The normalized spacial score (nSPS) is 19.6. The molecule has 0 saturated carbocycles. The quantitative estimate of drug-likeness (QED) is 0.839. The number of hydrogen-bond donors (Lipinski definition) is 1. The van der Waals surface area contributed by atoms with Crippen molar-refractivity contribution in [3.63, 3.8) is 0 Å².